The molecule has 1 aliphatic rings. The summed E-state index contributed by atoms with van der Waals surface area (Å²) >= 11 is 6.16. The van der Waals surface area contributed by atoms with Crippen LogP contribution in [0.2, 0.25) is 5.02 Å². The number of ether oxygens (including phenoxy) is 1. The number of carbonyl (C=O) groups is 2. The zero-order valence-electron chi connectivity index (χ0n) is 15.6. The smallest absolute Gasteiger partial charge is 0.338 e. The highest BCUT2D eigenvalue weighted by molar-refractivity contribution is 6.30. The van der Waals surface area contributed by atoms with Gasteiger partial charge in [0.05, 0.1) is 17.7 Å². The maximum absolute atomic E-state index is 12.8. The van der Waals surface area contributed by atoms with Crippen LogP contribution >= 0.6 is 11.6 Å². The average Bonchev–Trinajstić information content (AvgIpc) is 2.55. The molecule has 2 amide bonds. The highest BCUT2D eigenvalue weighted by Gasteiger charge is 2.38. The molecule has 6 nitrogen and oxygen atoms in total. The van der Waals surface area contributed by atoms with E-state index in [0.717, 1.165) is 18.5 Å². The van der Waals surface area contributed by atoms with E-state index >= 15 is 0 Å². The summed E-state index contributed by atoms with van der Waals surface area (Å²) in [6.07, 6.45) is 0.505. The molecule has 0 bridgehead atoms. The summed E-state index contributed by atoms with van der Waals surface area (Å²) in [6.45, 7) is 6.58. The Kier molecular flexibility index (Phi) is 7.06. The van der Waals surface area contributed by atoms with Crippen LogP contribution in [0.3, 0.4) is 0 Å². The minimum atomic E-state index is -0.537. The van der Waals surface area contributed by atoms with Gasteiger partial charge in [0.15, 0.2) is 0 Å². The van der Waals surface area contributed by atoms with E-state index in [4.69, 9.17) is 16.3 Å². The molecule has 1 heterocycles. The molecule has 1 aliphatic heterocycles. The van der Waals surface area contributed by atoms with Crippen LogP contribution in [0.1, 0.15) is 38.8 Å². The molecule has 0 aromatic heterocycles. The summed E-state index contributed by atoms with van der Waals surface area (Å²) in [5.74, 6) is -0.430. The number of rotatable bonds is 7. The van der Waals surface area contributed by atoms with Crippen molar-refractivity contribution in [2.45, 2.75) is 39.3 Å². The third-order valence-corrected chi connectivity index (χ3v) is 4.33. The zero-order chi connectivity index (χ0) is 19.3. The van der Waals surface area contributed by atoms with Crippen LogP contribution in [-0.4, -0.2) is 43.1 Å². The van der Waals surface area contributed by atoms with Gasteiger partial charge in [-0.2, -0.15) is 0 Å². The molecular weight excluding hydrogens is 354 g/mol. The van der Waals surface area contributed by atoms with Crippen LogP contribution in [0.15, 0.2) is 35.5 Å². The van der Waals surface area contributed by atoms with Crippen LogP contribution in [0.4, 0.5) is 4.79 Å². The quantitative estimate of drug-likeness (QED) is 0.563. The van der Waals surface area contributed by atoms with E-state index in [1.807, 2.05) is 19.2 Å². The largest absolute Gasteiger partial charge is 0.459 e. The van der Waals surface area contributed by atoms with Crippen molar-refractivity contribution >= 4 is 23.6 Å². The number of amides is 2. The lowest BCUT2D eigenvalue weighted by atomic mass is 9.93. The summed E-state index contributed by atoms with van der Waals surface area (Å²) in [5.41, 5.74) is 1.73. The van der Waals surface area contributed by atoms with Gasteiger partial charge >= 0.3 is 12.0 Å². The molecule has 1 atom stereocenters. The fourth-order valence-electron chi connectivity index (χ4n) is 3.00. The molecule has 26 heavy (non-hydrogen) atoms. The van der Waals surface area contributed by atoms with Gasteiger partial charge in [0, 0.05) is 17.3 Å². The fraction of sp³-hybridized carbons (Fsp3) is 0.474. The number of carbonyl (C=O) groups excluding carboxylic acids is 2. The number of benzene rings is 1. The lowest BCUT2D eigenvalue weighted by Gasteiger charge is -2.38. The highest BCUT2D eigenvalue weighted by atomic mass is 35.5. The van der Waals surface area contributed by atoms with Gasteiger partial charge in [0.2, 0.25) is 0 Å². The van der Waals surface area contributed by atoms with Crippen molar-refractivity contribution in [2.75, 3.05) is 20.1 Å². The molecule has 0 spiro atoms. The van der Waals surface area contributed by atoms with Gasteiger partial charge in [-0.3, -0.25) is 0 Å². The standard InChI is InChI=1S/C19H26ClN3O3/c1-12(2)26-18(24)16-13(3)22-19(25)23(10-6-9-21-4)17(16)14-7-5-8-15(20)11-14/h5,7-8,11-12,17,21H,6,9-10H2,1-4H3,(H,22,25). The Morgan fingerprint density at radius 3 is 2.77 bits per heavy atom. The molecule has 2 N–H and O–H groups in total. The van der Waals surface area contributed by atoms with Crippen LogP contribution in [0.25, 0.3) is 0 Å². The van der Waals surface area contributed by atoms with Gasteiger partial charge < -0.3 is 20.3 Å². The second kappa shape index (κ2) is 9.05. The van der Waals surface area contributed by atoms with E-state index < -0.39 is 12.0 Å². The van der Waals surface area contributed by atoms with E-state index in [-0.39, 0.29) is 12.1 Å². The Hall–Kier alpha value is -2.05. The number of urea groups is 1. The van der Waals surface area contributed by atoms with E-state index in [2.05, 4.69) is 10.6 Å². The molecule has 0 saturated carbocycles. The number of halogens is 1. The molecule has 142 valence electrons. The van der Waals surface area contributed by atoms with Gasteiger partial charge in [-0.05, 0) is 58.5 Å². The lowest BCUT2D eigenvalue weighted by molar-refractivity contribution is -0.143. The van der Waals surface area contributed by atoms with E-state index in [9.17, 15) is 9.59 Å². The van der Waals surface area contributed by atoms with Gasteiger partial charge in [-0.25, -0.2) is 9.59 Å². The average molecular weight is 380 g/mol. The molecule has 1 unspecified atom stereocenters. The maximum Gasteiger partial charge on any atom is 0.338 e. The first-order valence-electron chi connectivity index (χ1n) is 8.74. The molecular formula is C19H26ClN3O3. The summed E-state index contributed by atoms with van der Waals surface area (Å²) in [4.78, 5) is 27.1. The normalized spacial score (nSPS) is 17.5. The van der Waals surface area contributed by atoms with Crippen LogP contribution in [-0.2, 0) is 9.53 Å². The SMILES string of the molecule is CNCCCN1C(=O)NC(C)=C(C(=O)OC(C)C)C1c1cccc(Cl)c1. The number of nitrogens with zero attached hydrogens (tertiary/aromatic N) is 1. The molecule has 7 heteroatoms. The highest BCUT2D eigenvalue weighted by Crippen LogP contribution is 2.35. The number of nitrogens with one attached hydrogen (secondary N) is 2. The van der Waals surface area contributed by atoms with E-state index in [1.54, 1.807) is 37.8 Å². The van der Waals surface area contributed by atoms with Crippen molar-refractivity contribution in [3.8, 4) is 0 Å². The van der Waals surface area contributed by atoms with Crippen molar-refractivity contribution in [1.29, 1.82) is 0 Å². The number of allylic oxidation sites excluding steroid dienone is 1. The first-order chi connectivity index (χ1) is 12.3. The number of hydrogen-bond acceptors (Lipinski definition) is 4. The zero-order valence-corrected chi connectivity index (χ0v) is 16.4. The van der Waals surface area contributed by atoms with E-state index in [1.165, 1.54) is 0 Å². The van der Waals surface area contributed by atoms with Gasteiger partial charge in [0.25, 0.3) is 0 Å². The Morgan fingerprint density at radius 1 is 1.42 bits per heavy atom. The molecule has 0 saturated heterocycles. The molecule has 0 fully saturated rings. The van der Waals surface area contributed by atoms with Crippen molar-refractivity contribution < 1.29 is 14.3 Å². The number of hydrogen-bond donors (Lipinski definition) is 2. The second-order valence-corrected chi connectivity index (χ2v) is 6.97. The first kappa shape index (κ1) is 20.3. The first-order valence-corrected chi connectivity index (χ1v) is 9.12. The predicted molar refractivity (Wildman–Crippen MR) is 102 cm³/mol. The van der Waals surface area contributed by atoms with Crippen LogP contribution < -0.4 is 10.6 Å². The Labute approximate surface area is 159 Å². The molecule has 1 aromatic carbocycles. The van der Waals surface area contributed by atoms with Gasteiger partial charge in [-0.1, -0.05) is 23.7 Å². The van der Waals surface area contributed by atoms with Gasteiger partial charge in [0.1, 0.15) is 0 Å². The maximum atomic E-state index is 12.8. The van der Waals surface area contributed by atoms with Crippen molar-refractivity contribution in [1.82, 2.24) is 15.5 Å². The number of esters is 1. The second-order valence-electron chi connectivity index (χ2n) is 6.53. The Balaban J connectivity index is 2.48. The van der Waals surface area contributed by atoms with Gasteiger partial charge in [-0.15, -0.1) is 0 Å². The lowest BCUT2D eigenvalue weighted by Crippen LogP contribution is -2.49. The third kappa shape index (κ3) is 4.77. The minimum Gasteiger partial charge on any atom is -0.459 e. The summed E-state index contributed by atoms with van der Waals surface area (Å²) in [6, 6.07) is 6.47. The third-order valence-electron chi connectivity index (χ3n) is 4.10. The van der Waals surface area contributed by atoms with Crippen molar-refractivity contribution in [2.24, 2.45) is 0 Å². The predicted octanol–water partition coefficient (Wildman–Crippen LogP) is 3.24. The summed E-state index contributed by atoms with van der Waals surface area (Å²) < 4.78 is 5.43. The van der Waals surface area contributed by atoms with E-state index in [0.29, 0.717) is 22.8 Å². The minimum absolute atomic E-state index is 0.232. The Morgan fingerprint density at radius 2 is 2.15 bits per heavy atom. The molecule has 1 aromatic rings. The molecule has 0 radical (unpaired) electrons. The monoisotopic (exact) mass is 379 g/mol. The van der Waals surface area contributed by atoms with Crippen molar-refractivity contribution in [3.63, 3.8) is 0 Å². The van der Waals surface area contributed by atoms with Crippen molar-refractivity contribution in [3.05, 3.63) is 46.1 Å². The Bertz CT molecular complexity index is 703. The molecule has 2 rings (SSSR count). The van der Waals surface area contributed by atoms with Crippen LogP contribution in [0.5, 0.6) is 0 Å². The topological polar surface area (TPSA) is 70.7 Å². The van der Waals surface area contributed by atoms with Crippen LogP contribution in [0, 0.1) is 0 Å². The summed E-state index contributed by atoms with van der Waals surface area (Å²) in [5, 5.41) is 6.41. The summed E-state index contributed by atoms with van der Waals surface area (Å²) in [7, 11) is 1.86. The fourth-order valence-corrected chi connectivity index (χ4v) is 3.20. The molecule has 0 aliphatic carbocycles.